The maximum Gasteiger partial charge on any atom is 0 e. The van der Waals surface area contributed by atoms with E-state index in [-0.39, 0.29) is 42.1 Å². The van der Waals surface area contributed by atoms with Crippen molar-refractivity contribution in [3.63, 3.8) is 0 Å². The molecule has 1 aliphatic heterocycles. The normalized spacial score (nSPS) is 17.8. The van der Waals surface area contributed by atoms with E-state index in [0.717, 1.165) is 6.42 Å². The van der Waals surface area contributed by atoms with Gasteiger partial charge in [-0.05, 0) is 6.42 Å². The standard InChI is InChI=1S/C5H10.C3H5O.2W/c1-3-5-4-2;1-3-2-4-3;;/h3H,1,4-5H2,2H3;2-3H,1H3;;/q;-1;;. The summed E-state index contributed by atoms with van der Waals surface area (Å²) in [7, 11) is 0. The Bertz CT molecular complexity index is 72.5. The fraction of sp³-hybridized carbons (Fsp3) is 0.625. The molecule has 1 fully saturated rings. The molecule has 0 aliphatic carbocycles. The van der Waals surface area contributed by atoms with Crippen molar-refractivity contribution < 1.29 is 46.9 Å². The summed E-state index contributed by atoms with van der Waals surface area (Å²) < 4.78 is 4.58. The summed E-state index contributed by atoms with van der Waals surface area (Å²) in [5.41, 5.74) is 0. The van der Waals surface area contributed by atoms with Gasteiger partial charge in [-0.2, -0.15) is 6.61 Å². The van der Waals surface area contributed by atoms with E-state index in [1.807, 2.05) is 13.0 Å². The first-order chi connectivity index (χ1) is 4.31. The van der Waals surface area contributed by atoms with Gasteiger partial charge in [0.15, 0.2) is 0 Å². The van der Waals surface area contributed by atoms with E-state index in [1.54, 1.807) is 6.61 Å². The predicted octanol–water partition coefficient (Wildman–Crippen LogP) is 2.53. The molecule has 1 heterocycles. The minimum Gasteiger partial charge on any atom is -0.570 e. The van der Waals surface area contributed by atoms with Crippen LogP contribution in [0.2, 0.25) is 0 Å². The molecule has 1 unspecified atom stereocenters. The van der Waals surface area contributed by atoms with Crippen molar-refractivity contribution in [1.29, 1.82) is 0 Å². The molecule has 0 aromatic heterocycles. The summed E-state index contributed by atoms with van der Waals surface area (Å²) in [6.07, 6.45) is 4.77. The molecule has 66 valence electrons. The zero-order valence-corrected chi connectivity index (χ0v) is 12.9. The van der Waals surface area contributed by atoms with Gasteiger partial charge in [-0.15, -0.1) is 6.58 Å². The molecule has 0 aromatic rings. The SMILES string of the molecule is C=CCCC.CC1[CH-]O1.[W].[W]. The summed E-state index contributed by atoms with van der Waals surface area (Å²) in [6, 6.07) is 0. The molecule has 1 atom stereocenters. The predicted molar refractivity (Wildman–Crippen MR) is 40.0 cm³/mol. The van der Waals surface area contributed by atoms with Gasteiger partial charge in [0, 0.05) is 42.1 Å². The van der Waals surface area contributed by atoms with Crippen LogP contribution in [0.3, 0.4) is 0 Å². The molecular weight excluding hydrogens is 480 g/mol. The van der Waals surface area contributed by atoms with Crippen molar-refractivity contribution in [2.24, 2.45) is 0 Å². The van der Waals surface area contributed by atoms with Crippen LogP contribution in [0.5, 0.6) is 0 Å². The van der Waals surface area contributed by atoms with E-state index in [1.165, 1.54) is 6.42 Å². The van der Waals surface area contributed by atoms with Crippen LogP contribution in [0.1, 0.15) is 26.7 Å². The number of hydrogen-bond donors (Lipinski definition) is 0. The number of rotatable bonds is 2. The van der Waals surface area contributed by atoms with Gasteiger partial charge in [-0.3, -0.25) is 0 Å². The van der Waals surface area contributed by atoms with E-state index in [4.69, 9.17) is 0 Å². The first kappa shape index (κ1) is 18.0. The summed E-state index contributed by atoms with van der Waals surface area (Å²) in [4.78, 5) is 0. The molecule has 0 bridgehead atoms. The molecule has 1 rings (SSSR count). The monoisotopic (exact) mass is 495 g/mol. The zero-order chi connectivity index (χ0) is 7.11. The van der Waals surface area contributed by atoms with E-state index < -0.39 is 0 Å². The van der Waals surface area contributed by atoms with E-state index >= 15 is 0 Å². The number of unbranched alkanes of at least 4 members (excludes halogenated alkanes) is 1. The number of hydrogen-bond acceptors (Lipinski definition) is 1. The fourth-order valence-electron chi connectivity index (χ4n) is 0.283. The Morgan fingerprint density at radius 2 is 1.91 bits per heavy atom. The van der Waals surface area contributed by atoms with Gasteiger partial charge < -0.3 is 4.74 Å². The minimum atomic E-state index is 0. The first-order valence-electron chi connectivity index (χ1n) is 3.41. The van der Waals surface area contributed by atoms with Crippen molar-refractivity contribution in [1.82, 2.24) is 0 Å². The fourth-order valence-corrected chi connectivity index (χ4v) is 0.283. The van der Waals surface area contributed by atoms with Crippen LogP contribution in [0.4, 0.5) is 0 Å². The molecule has 0 amide bonds. The van der Waals surface area contributed by atoms with Crippen LogP contribution in [0.15, 0.2) is 12.7 Å². The molecule has 3 heteroatoms. The topological polar surface area (TPSA) is 12.5 Å². The maximum absolute atomic E-state index is 4.58. The van der Waals surface area contributed by atoms with Crippen molar-refractivity contribution >= 4 is 0 Å². The van der Waals surface area contributed by atoms with E-state index in [0.29, 0.717) is 6.10 Å². The molecule has 0 saturated carbocycles. The summed E-state index contributed by atoms with van der Waals surface area (Å²) >= 11 is 0. The van der Waals surface area contributed by atoms with Gasteiger partial charge in [0.1, 0.15) is 0 Å². The molecule has 1 saturated heterocycles. The molecule has 11 heavy (non-hydrogen) atoms. The van der Waals surface area contributed by atoms with Gasteiger partial charge in [0.05, 0.1) is 0 Å². The molecule has 0 radical (unpaired) electrons. The average molecular weight is 495 g/mol. The Morgan fingerprint density at radius 1 is 1.55 bits per heavy atom. The summed E-state index contributed by atoms with van der Waals surface area (Å²) in [5.74, 6) is 0. The molecule has 0 spiro atoms. The van der Waals surface area contributed by atoms with Crippen LogP contribution in [-0.4, -0.2) is 6.10 Å². The van der Waals surface area contributed by atoms with E-state index in [2.05, 4.69) is 18.2 Å². The minimum absolute atomic E-state index is 0. The number of epoxide rings is 1. The Hall–Kier alpha value is 1.08. The summed E-state index contributed by atoms with van der Waals surface area (Å²) in [6.45, 7) is 9.48. The second-order valence-electron chi connectivity index (χ2n) is 2.05. The largest absolute Gasteiger partial charge is 0.570 e. The van der Waals surface area contributed by atoms with Crippen LogP contribution in [-0.2, 0) is 46.9 Å². The van der Waals surface area contributed by atoms with Crippen LogP contribution < -0.4 is 0 Å². The number of allylic oxidation sites excluding steroid dienone is 1. The Balaban J connectivity index is -0.0000000990. The van der Waals surface area contributed by atoms with Crippen molar-refractivity contribution in [2.75, 3.05) is 0 Å². The summed E-state index contributed by atoms with van der Waals surface area (Å²) in [5, 5.41) is 0. The number of ether oxygens (including phenoxy) is 1. The Kier molecular flexibility index (Phi) is 22.3. The second kappa shape index (κ2) is 13.7. The van der Waals surface area contributed by atoms with Gasteiger partial charge in [0.2, 0.25) is 0 Å². The quantitative estimate of drug-likeness (QED) is 0.327. The third-order valence-corrected chi connectivity index (χ3v) is 0.901. The van der Waals surface area contributed by atoms with Crippen molar-refractivity contribution in [2.45, 2.75) is 32.8 Å². The van der Waals surface area contributed by atoms with Crippen molar-refractivity contribution in [3.05, 3.63) is 19.3 Å². The zero-order valence-electron chi connectivity index (χ0n) is 7.08. The molecule has 1 aliphatic rings. The average Bonchev–Trinajstić information content (AvgIpc) is 2.55. The van der Waals surface area contributed by atoms with Gasteiger partial charge in [0.25, 0.3) is 0 Å². The van der Waals surface area contributed by atoms with Gasteiger partial charge in [-0.1, -0.05) is 32.4 Å². The van der Waals surface area contributed by atoms with Gasteiger partial charge >= 0.3 is 0 Å². The second-order valence-corrected chi connectivity index (χ2v) is 2.05. The Morgan fingerprint density at radius 3 is 1.91 bits per heavy atom. The van der Waals surface area contributed by atoms with Crippen molar-refractivity contribution in [3.8, 4) is 0 Å². The third-order valence-electron chi connectivity index (χ3n) is 0.901. The molecular formula is C8H15OW2-. The molecule has 0 aromatic carbocycles. The molecule has 0 N–H and O–H groups in total. The molecule has 1 nitrogen and oxygen atoms in total. The van der Waals surface area contributed by atoms with Crippen LogP contribution >= 0.6 is 0 Å². The van der Waals surface area contributed by atoms with Gasteiger partial charge in [-0.25, -0.2) is 0 Å². The van der Waals surface area contributed by atoms with Crippen LogP contribution in [0.25, 0.3) is 0 Å². The third kappa shape index (κ3) is 24.7. The maximum atomic E-state index is 4.58. The van der Waals surface area contributed by atoms with Crippen LogP contribution in [0, 0.1) is 6.61 Å². The van der Waals surface area contributed by atoms with E-state index in [9.17, 15) is 0 Å². The smallest absolute Gasteiger partial charge is 0 e. The Labute approximate surface area is 98.5 Å². The first-order valence-corrected chi connectivity index (χ1v) is 3.41.